The Labute approximate surface area is 136 Å². The fraction of sp³-hybridized carbons (Fsp3) is 0.714. The van der Waals surface area contributed by atoms with Crippen LogP contribution in [0.25, 0.3) is 0 Å². The minimum absolute atomic E-state index is 0.150. The summed E-state index contributed by atoms with van der Waals surface area (Å²) in [6.45, 7) is 7.15. The van der Waals surface area contributed by atoms with E-state index in [4.69, 9.17) is 0 Å². The first-order valence-corrected chi connectivity index (χ1v) is 9.50. The maximum absolute atomic E-state index is 12.2. The zero-order valence-corrected chi connectivity index (χ0v) is 14.7. The maximum atomic E-state index is 12.2. The van der Waals surface area contributed by atoms with Crippen molar-refractivity contribution >= 4 is 15.9 Å². The van der Waals surface area contributed by atoms with Crippen LogP contribution in [0.15, 0.2) is 6.07 Å². The van der Waals surface area contributed by atoms with Gasteiger partial charge in [-0.25, -0.2) is 13.2 Å². The molecule has 1 aromatic rings. The lowest BCUT2D eigenvalue weighted by molar-refractivity contribution is 0.171. The molecule has 2 rings (SSSR count). The van der Waals surface area contributed by atoms with E-state index >= 15 is 0 Å². The van der Waals surface area contributed by atoms with Gasteiger partial charge in [-0.05, 0) is 26.8 Å². The van der Waals surface area contributed by atoms with E-state index in [1.54, 1.807) is 15.6 Å². The number of aliphatic hydroxyl groups is 1. The predicted molar refractivity (Wildman–Crippen MR) is 85.6 cm³/mol. The minimum Gasteiger partial charge on any atom is -0.386 e. The van der Waals surface area contributed by atoms with Crippen molar-refractivity contribution in [2.24, 2.45) is 0 Å². The highest BCUT2D eigenvalue weighted by molar-refractivity contribution is 7.90. The van der Waals surface area contributed by atoms with E-state index in [-0.39, 0.29) is 17.3 Å². The molecule has 2 N–H and O–H groups in total. The average molecular weight is 344 g/mol. The van der Waals surface area contributed by atoms with Crippen LogP contribution in [0.5, 0.6) is 0 Å². The zero-order chi connectivity index (χ0) is 17.4. The molecule has 2 heterocycles. The van der Waals surface area contributed by atoms with Crippen molar-refractivity contribution in [2.45, 2.75) is 45.5 Å². The van der Waals surface area contributed by atoms with Crippen LogP contribution in [0.3, 0.4) is 0 Å². The van der Waals surface area contributed by atoms with Crippen molar-refractivity contribution in [3.05, 3.63) is 17.5 Å². The van der Waals surface area contributed by atoms with E-state index in [2.05, 4.69) is 10.4 Å². The SMILES string of the molecule is CC(C)(C)NC(=O)N1CCn2nc([C@@H](O)CS(C)(=O)=O)cc2C1. The Balaban J connectivity index is 2.09. The first kappa shape index (κ1) is 17.7. The summed E-state index contributed by atoms with van der Waals surface area (Å²) in [7, 11) is -3.29. The molecule has 0 radical (unpaired) electrons. The van der Waals surface area contributed by atoms with E-state index in [0.29, 0.717) is 25.3 Å². The molecule has 0 fully saturated rings. The maximum Gasteiger partial charge on any atom is 0.318 e. The number of hydrogen-bond acceptors (Lipinski definition) is 5. The number of aromatic nitrogens is 2. The third-order valence-corrected chi connectivity index (χ3v) is 4.31. The van der Waals surface area contributed by atoms with Crippen molar-refractivity contribution < 1.29 is 18.3 Å². The van der Waals surface area contributed by atoms with Crippen LogP contribution in [0.1, 0.15) is 38.3 Å². The van der Waals surface area contributed by atoms with E-state index in [0.717, 1.165) is 11.9 Å². The molecule has 1 aliphatic rings. The predicted octanol–water partition coefficient (Wildman–Crippen LogP) is 0.285. The molecule has 0 unspecified atom stereocenters. The number of hydrogen-bond donors (Lipinski definition) is 2. The number of sulfone groups is 1. The van der Waals surface area contributed by atoms with Gasteiger partial charge < -0.3 is 15.3 Å². The van der Waals surface area contributed by atoms with Gasteiger partial charge in [-0.1, -0.05) is 0 Å². The summed E-state index contributed by atoms with van der Waals surface area (Å²) in [6.07, 6.45) is -0.0786. The average Bonchev–Trinajstić information content (AvgIpc) is 2.77. The molecule has 1 aromatic heterocycles. The number of urea groups is 1. The number of nitrogens with zero attached hydrogens (tertiary/aromatic N) is 3. The van der Waals surface area contributed by atoms with Crippen molar-refractivity contribution in [3.8, 4) is 0 Å². The third-order valence-electron chi connectivity index (χ3n) is 3.39. The number of carbonyl (C=O) groups is 1. The van der Waals surface area contributed by atoms with Gasteiger partial charge in [0.2, 0.25) is 0 Å². The molecule has 8 nitrogen and oxygen atoms in total. The van der Waals surface area contributed by atoms with Crippen LogP contribution in [0.2, 0.25) is 0 Å². The number of amides is 2. The summed E-state index contributed by atoms with van der Waals surface area (Å²) < 4.78 is 24.3. The second kappa shape index (κ2) is 6.12. The molecule has 1 atom stereocenters. The normalized spacial score (nSPS) is 16.8. The highest BCUT2D eigenvalue weighted by Crippen LogP contribution is 2.19. The molecular formula is C14H24N4O4S. The van der Waals surface area contributed by atoms with Gasteiger partial charge >= 0.3 is 6.03 Å². The molecule has 9 heteroatoms. The largest absolute Gasteiger partial charge is 0.386 e. The van der Waals surface area contributed by atoms with Crippen LogP contribution < -0.4 is 5.32 Å². The summed E-state index contributed by atoms with van der Waals surface area (Å²) in [6, 6.07) is 1.51. The molecule has 0 aliphatic carbocycles. The van der Waals surface area contributed by atoms with Crippen LogP contribution in [0, 0.1) is 0 Å². The first-order chi connectivity index (χ1) is 10.4. The van der Waals surface area contributed by atoms with Crippen molar-refractivity contribution in [3.63, 3.8) is 0 Å². The Bertz CT molecular complexity index is 690. The summed E-state index contributed by atoms with van der Waals surface area (Å²) in [5.41, 5.74) is 0.789. The van der Waals surface area contributed by atoms with Crippen LogP contribution >= 0.6 is 0 Å². The van der Waals surface area contributed by atoms with E-state index < -0.39 is 15.9 Å². The van der Waals surface area contributed by atoms with E-state index in [9.17, 15) is 18.3 Å². The van der Waals surface area contributed by atoms with Gasteiger partial charge in [0, 0.05) is 18.3 Å². The number of carbonyl (C=O) groups excluding carboxylic acids is 1. The summed E-state index contributed by atoms with van der Waals surface area (Å²) in [5.74, 6) is -0.363. The lowest BCUT2D eigenvalue weighted by Crippen LogP contribution is -2.50. The number of nitrogens with one attached hydrogen (secondary N) is 1. The Morgan fingerprint density at radius 2 is 2.09 bits per heavy atom. The van der Waals surface area contributed by atoms with E-state index in [1.165, 1.54) is 0 Å². The quantitative estimate of drug-likeness (QED) is 0.820. The lowest BCUT2D eigenvalue weighted by Gasteiger charge is -2.31. The Morgan fingerprint density at radius 3 is 2.65 bits per heavy atom. The summed E-state index contributed by atoms with van der Waals surface area (Å²) >= 11 is 0. The van der Waals surface area contributed by atoms with Crippen LogP contribution in [-0.4, -0.2) is 58.3 Å². The highest BCUT2D eigenvalue weighted by Gasteiger charge is 2.26. The van der Waals surface area contributed by atoms with Crippen LogP contribution in [0.4, 0.5) is 4.79 Å². The number of aliphatic hydroxyl groups excluding tert-OH is 1. The molecule has 0 saturated carbocycles. The molecule has 0 spiro atoms. The minimum atomic E-state index is -3.29. The van der Waals surface area contributed by atoms with Gasteiger partial charge in [0.05, 0.1) is 30.2 Å². The molecule has 0 aromatic carbocycles. The third kappa shape index (κ3) is 4.93. The second-order valence-corrected chi connectivity index (χ2v) is 9.18. The smallest absolute Gasteiger partial charge is 0.318 e. The molecule has 0 bridgehead atoms. The fourth-order valence-corrected chi connectivity index (χ4v) is 3.14. The van der Waals surface area contributed by atoms with Crippen molar-refractivity contribution in [1.29, 1.82) is 0 Å². The van der Waals surface area contributed by atoms with Gasteiger partial charge in [-0.3, -0.25) is 4.68 Å². The topological polar surface area (TPSA) is 105 Å². The fourth-order valence-electron chi connectivity index (χ4n) is 2.40. The van der Waals surface area contributed by atoms with Gasteiger partial charge in [-0.2, -0.15) is 5.10 Å². The monoisotopic (exact) mass is 344 g/mol. The molecule has 130 valence electrons. The Hall–Kier alpha value is -1.61. The number of rotatable bonds is 3. The van der Waals surface area contributed by atoms with Crippen molar-refractivity contribution in [1.82, 2.24) is 20.0 Å². The molecular weight excluding hydrogens is 320 g/mol. The Kier molecular flexibility index (Phi) is 4.72. The zero-order valence-electron chi connectivity index (χ0n) is 13.9. The van der Waals surface area contributed by atoms with Gasteiger partial charge in [0.25, 0.3) is 0 Å². The first-order valence-electron chi connectivity index (χ1n) is 7.44. The molecule has 0 saturated heterocycles. The van der Waals surface area contributed by atoms with Gasteiger partial charge in [0.1, 0.15) is 15.9 Å². The lowest BCUT2D eigenvalue weighted by atomic mass is 10.1. The molecule has 1 aliphatic heterocycles. The van der Waals surface area contributed by atoms with Gasteiger partial charge in [-0.15, -0.1) is 0 Å². The summed E-state index contributed by atoms with van der Waals surface area (Å²) in [4.78, 5) is 13.9. The standard InChI is InChI=1S/C14H24N4O4S/c1-14(2,3)15-13(20)17-5-6-18-10(8-17)7-11(16-18)12(19)9-23(4,21)22/h7,12,19H,5-6,8-9H2,1-4H3,(H,15,20)/t12-/m0/s1. The highest BCUT2D eigenvalue weighted by atomic mass is 32.2. The van der Waals surface area contributed by atoms with E-state index in [1.807, 2.05) is 20.8 Å². The number of fused-ring (bicyclic) bond motifs is 1. The van der Waals surface area contributed by atoms with Crippen molar-refractivity contribution in [2.75, 3.05) is 18.6 Å². The van der Waals surface area contributed by atoms with Gasteiger partial charge in [0.15, 0.2) is 0 Å². The molecule has 23 heavy (non-hydrogen) atoms. The Morgan fingerprint density at radius 1 is 1.43 bits per heavy atom. The van der Waals surface area contributed by atoms with Crippen LogP contribution in [-0.2, 0) is 22.9 Å². The second-order valence-electron chi connectivity index (χ2n) is 6.99. The summed E-state index contributed by atoms with van der Waals surface area (Å²) in [5, 5.41) is 17.1. The molecule has 2 amide bonds.